The smallest absolute Gasteiger partial charge is 0.357 e. The van der Waals surface area contributed by atoms with Crippen LogP contribution in [0.15, 0.2) is 30.6 Å². The van der Waals surface area contributed by atoms with E-state index in [0.717, 1.165) is 18.4 Å². The van der Waals surface area contributed by atoms with E-state index in [-0.39, 0.29) is 52.3 Å². The predicted octanol–water partition coefficient (Wildman–Crippen LogP) is 4.66. The third kappa shape index (κ3) is 5.36. The molecule has 0 unspecified atom stereocenters. The van der Waals surface area contributed by atoms with Crippen molar-refractivity contribution < 1.29 is 28.1 Å². The molecule has 0 amide bonds. The Hall–Kier alpha value is -3.12. The zero-order chi connectivity index (χ0) is 27.1. The number of aromatic nitrogens is 4. The summed E-state index contributed by atoms with van der Waals surface area (Å²) in [7, 11) is 0. The second kappa shape index (κ2) is 10.8. The number of carbonyl (C=O) groups is 1. The summed E-state index contributed by atoms with van der Waals surface area (Å²) < 4.78 is 40.3. The Morgan fingerprint density at radius 3 is 2.72 bits per heavy atom. The minimum absolute atomic E-state index is 0.0321. The van der Waals surface area contributed by atoms with E-state index >= 15 is 4.39 Å². The van der Waals surface area contributed by atoms with Crippen molar-refractivity contribution in [3.05, 3.63) is 58.3 Å². The van der Waals surface area contributed by atoms with Gasteiger partial charge in [-0.1, -0.05) is 11.6 Å². The van der Waals surface area contributed by atoms with E-state index < -0.39 is 18.1 Å². The number of anilines is 1. The van der Waals surface area contributed by atoms with Crippen LogP contribution in [0.4, 0.5) is 10.3 Å². The van der Waals surface area contributed by atoms with Crippen LogP contribution in [0.3, 0.4) is 0 Å². The maximum absolute atomic E-state index is 15.3. The van der Waals surface area contributed by atoms with Crippen molar-refractivity contribution in [2.75, 3.05) is 37.8 Å². The Bertz CT molecular complexity index is 1380. The monoisotopic (exact) mass is 557 g/mol. The van der Waals surface area contributed by atoms with E-state index in [4.69, 9.17) is 35.5 Å². The second-order valence-electron chi connectivity index (χ2n) is 9.88. The van der Waals surface area contributed by atoms with Crippen LogP contribution in [-0.2, 0) is 18.9 Å². The van der Waals surface area contributed by atoms with Gasteiger partial charge in [0.05, 0.1) is 56.0 Å². The summed E-state index contributed by atoms with van der Waals surface area (Å²) in [5, 5.41) is 4.74. The number of hydrogen-bond donors (Lipinski definition) is 0. The molecule has 10 nitrogen and oxygen atoms in total. The summed E-state index contributed by atoms with van der Waals surface area (Å²) in [6.07, 6.45) is 4.71. The van der Waals surface area contributed by atoms with Gasteiger partial charge in [-0.25, -0.2) is 19.2 Å². The zero-order valence-electron chi connectivity index (χ0n) is 21.7. The fourth-order valence-corrected chi connectivity index (χ4v) is 5.10. The molecule has 2 saturated heterocycles. The Morgan fingerprint density at radius 2 is 2.00 bits per heavy atom. The number of nitrogens with zero attached hydrogens (tertiary/aromatic N) is 5. The number of carbonyl (C=O) groups excluding carboxylic acids is 1. The van der Waals surface area contributed by atoms with Crippen molar-refractivity contribution in [1.82, 2.24) is 19.7 Å². The van der Waals surface area contributed by atoms with Gasteiger partial charge in [0.25, 0.3) is 0 Å². The van der Waals surface area contributed by atoms with Crippen LogP contribution in [0, 0.1) is 5.82 Å². The molecular formula is C27H29ClFN5O5. The zero-order valence-corrected chi connectivity index (χ0v) is 22.4. The van der Waals surface area contributed by atoms with Gasteiger partial charge in [0, 0.05) is 28.9 Å². The van der Waals surface area contributed by atoms with Crippen LogP contribution in [0.25, 0.3) is 11.3 Å². The van der Waals surface area contributed by atoms with E-state index in [9.17, 15) is 4.79 Å². The van der Waals surface area contributed by atoms with Gasteiger partial charge in [-0.15, -0.1) is 0 Å². The van der Waals surface area contributed by atoms with Gasteiger partial charge < -0.3 is 23.8 Å². The van der Waals surface area contributed by atoms with Gasteiger partial charge in [-0.05, 0) is 44.9 Å². The number of halogens is 2. The molecule has 4 heterocycles. The highest BCUT2D eigenvalue weighted by Gasteiger charge is 2.36. The lowest BCUT2D eigenvalue weighted by atomic mass is 10.0. The molecule has 12 heteroatoms. The quantitative estimate of drug-likeness (QED) is 0.384. The lowest BCUT2D eigenvalue weighted by Crippen LogP contribution is -2.44. The topological polar surface area (TPSA) is 101 Å². The molecule has 0 radical (unpaired) electrons. The van der Waals surface area contributed by atoms with Crippen molar-refractivity contribution in [2.24, 2.45) is 0 Å². The highest BCUT2D eigenvalue weighted by molar-refractivity contribution is 6.30. The van der Waals surface area contributed by atoms with Crippen LogP contribution in [-0.4, -0.2) is 64.7 Å². The number of ether oxygens (including phenoxy) is 4. The first kappa shape index (κ1) is 26.1. The highest BCUT2D eigenvalue weighted by Crippen LogP contribution is 2.39. The number of hydrogen-bond acceptors (Lipinski definition) is 9. The van der Waals surface area contributed by atoms with E-state index in [2.05, 4.69) is 10.1 Å². The molecule has 3 aliphatic rings. The SMILES string of the molecule is CCOC(=O)c1nc(N2C[C@@H](C)O[C@@H](c3cnn(C4CC4)c3)C2)nc(-c2ccc(Cl)cc2F)c1C1OCCO1. The maximum atomic E-state index is 15.3. The molecular weight excluding hydrogens is 529 g/mol. The van der Waals surface area contributed by atoms with Crippen molar-refractivity contribution in [3.8, 4) is 11.3 Å². The number of rotatable bonds is 7. The second-order valence-corrected chi connectivity index (χ2v) is 10.3. The average molecular weight is 558 g/mol. The molecule has 206 valence electrons. The van der Waals surface area contributed by atoms with Gasteiger partial charge in [-0.2, -0.15) is 5.10 Å². The maximum Gasteiger partial charge on any atom is 0.357 e. The molecule has 0 N–H and O–H groups in total. The molecule has 3 fully saturated rings. The van der Waals surface area contributed by atoms with Gasteiger partial charge in [0.15, 0.2) is 12.0 Å². The van der Waals surface area contributed by atoms with Crippen molar-refractivity contribution in [3.63, 3.8) is 0 Å². The third-order valence-electron chi connectivity index (χ3n) is 6.90. The Labute approximate surface area is 230 Å². The first-order valence-electron chi connectivity index (χ1n) is 13.1. The molecule has 3 aromatic rings. The van der Waals surface area contributed by atoms with E-state index in [1.165, 1.54) is 12.1 Å². The molecule has 1 aliphatic carbocycles. The normalized spacial score (nSPS) is 21.9. The van der Waals surface area contributed by atoms with E-state index in [1.54, 1.807) is 13.0 Å². The third-order valence-corrected chi connectivity index (χ3v) is 7.14. The van der Waals surface area contributed by atoms with Crippen LogP contribution < -0.4 is 4.90 Å². The highest BCUT2D eigenvalue weighted by atomic mass is 35.5. The minimum Gasteiger partial charge on any atom is -0.461 e. The minimum atomic E-state index is -0.951. The van der Waals surface area contributed by atoms with Crippen molar-refractivity contribution in [2.45, 2.75) is 51.2 Å². The number of benzene rings is 1. The summed E-state index contributed by atoms with van der Waals surface area (Å²) >= 11 is 6.04. The molecule has 2 aromatic heterocycles. The van der Waals surface area contributed by atoms with Gasteiger partial charge in [-0.3, -0.25) is 4.68 Å². The Balaban J connectivity index is 1.45. The first-order chi connectivity index (χ1) is 18.9. The molecule has 2 aliphatic heterocycles. The van der Waals surface area contributed by atoms with Crippen LogP contribution >= 0.6 is 11.6 Å². The molecule has 6 rings (SSSR count). The molecule has 0 spiro atoms. The molecule has 39 heavy (non-hydrogen) atoms. The van der Waals surface area contributed by atoms with Gasteiger partial charge in [0.1, 0.15) is 11.9 Å². The first-order valence-corrected chi connectivity index (χ1v) is 13.5. The summed E-state index contributed by atoms with van der Waals surface area (Å²) in [5.41, 5.74) is 1.47. The molecule has 2 atom stereocenters. The lowest BCUT2D eigenvalue weighted by molar-refractivity contribution is -0.0451. The molecule has 1 aromatic carbocycles. The summed E-state index contributed by atoms with van der Waals surface area (Å²) in [5.74, 6) is -1.02. The fourth-order valence-electron chi connectivity index (χ4n) is 4.95. The largest absolute Gasteiger partial charge is 0.461 e. The summed E-state index contributed by atoms with van der Waals surface area (Å²) in [4.78, 5) is 24.6. The fraction of sp³-hybridized carbons (Fsp3) is 0.481. The van der Waals surface area contributed by atoms with Gasteiger partial charge in [0.2, 0.25) is 5.95 Å². The number of morpholine rings is 1. The Morgan fingerprint density at radius 1 is 1.21 bits per heavy atom. The summed E-state index contributed by atoms with van der Waals surface area (Å²) in [6, 6.07) is 4.74. The molecule has 0 bridgehead atoms. The van der Waals surface area contributed by atoms with E-state index in [1.807, 2.05) is 28.9 Å². The summed E-state index contributed by atoms with van der Waals surface area (Å²) in [6.45, 7) is 5.32. The standard InChI is InChI=1S/C27H29ClFN5O5/c1-3-36-25(35)24-22(26-37-8-9-38-26)23(19-7-4-17(28)10-20(19)29)31-27(32-24)33-12-15(2)39-21(14-33)16-11-30-34(13-16)18-5-6-18/h4,7,10-11,13,15,18,21,26H,3,5-6,8-9,12,14H2,1-2H3/t15-,21-/m1/s1. The number of esters is 1. The van der Waals surface area contributed by atoms with Crippen LogP contribution in [0.2, 0.25) is 5.02 Å². The van der Waals surface area contributed by atoms with Crippen LogP contribution in [0.5, 0.6) is 0 Å². The van der Waals surface area contributed by atoms with E-state index in [0.29, 0.717) is 32.3 Å². The van der Waals surface area contributed by atoms with Gasteiger partial charge >= 0.3 is 5.97 Å². The van der Waals surface area contributed by atoms with Crippen LogP contribution in [0.1, 0.15) is 66.7 Å². The Kier molecular flexibility index (Phi) is 7.23. The lowest BCUT2D eigenvalue weighted by Gasteiger charge is -2.37. The predicted molar refractivity (Wildman–Crippen MR) is 139 cm³/mol. The van der Waals surface area contributed by atoms with Crippen molar-refractivity contribution in [1.29, 1.82) is 0 Å². The average Bonchev–Trinajstić information content (AvgIpc) is 3.40. The molecule has 1 saturated carbocycles. The van der Waals surface area contributed by atoms with Crippen molar-refractivity contribution >= 4 is 23.5 Å².